The molecule has 224 valence electrons. The molecule has 13 heteroatoms. The number of sulfonamides is 1. The number of benzene rings is 1. The third-order valence-corrected chi connectivity index (χ3v) is 10.3. The number of aromatic nitrogens is 3. The number of hydrogen-bond donors (Lipinski definition) is 2. The van der Waals surface area contributed by atoms with Crippen molar-refractivity contribution in [1.29, 1.82) is 0 Å². The molecule has 2 fully saturated rings. The number of ether oxygens (including phenoxy) is 1. The number of aromatic amines is 1. The van der Waals surface area contributed by atoms with E-state index in [4.69, 9.17) is 19.8 Å². The average Bonchev–Trinajstić information content (AvgIpc) is 3.68. The SMILES string of the molecule is CCCOc1ccc(S(=O)(=O)N2CCC(C3(CON([O-])O)CC3)CC2)cc1-c1nc2c(CCC)cn(C)c2c(=O)[nH]1. The lowest BCUT2D eigenvalue weighted by Crippen LogP contribution is -2.41. The van der Waals surface area contributed by atoms with E-state index in [0.29, 0.717) is 54.9 Å². The van der Waals surface area contributed by atoms with Gasteiger partial charge in [-0.25, -0.2) is 13.4 Å². The summed E-state index contributed by atoms with van der Waals surface area (Å²) >= 11 is 0. The summed E-state index contributed by atoms with van der Waals surface area (Å²) in [7, 11) is -2.03. The molecule has 1 saturated carbocycles. The summed E-state index contributed by atoms with van der Waals surface area (Å²) < 4.78 is 36.8. The molecule has 0 radical (unpaired) electrons. The van der Waals surface area contributed by atoms with Gasteiger partial charge in [-0.1, -0.05) is 20.3 Å². The van der Waals surface area contributed by atoms with Crippen LogP contribution in [0.1, 0.15) is 57.9 Å². The Kier molecular flexibility index (Phi) is 8.56. The molecule has 0 amide bonds. The van der Waals surface area contributed by atoms with E-state index in [0.717, 1.165) is 37.7 Å². The fourth-order valence-corrected chi connectivity index (χ4v) is 7.52. The quantitative estimate of drug-likeness (QED) is 0.299. The Morgan fingerprint density at radius 1 is 1.22 bits per heavy atom. The Morgan fingerprint density at radius 2 is 1.95 bits per heavy atom. The van der Waals surface area contributed by atoms with E-state index in [1.807, 2.05) is 20.2 Å². The van der Waals surface area contributed by atoms with Crippen LogP contribution in [0.4, 0.5) is 0 Å². The Labute approximate surface area is 239 Å². The van der Waals surface area contributed by atoms with Crippen molar-refractivity contribution >= 4 is 21.1 Å². The van der Waals surface area contributed by atoms with E-state index in [2.05, 4.69) is 11.9 Å². The van der Waals surface area contributed by atoms with Crippen LogP contribution >= 0.6 is 0 Å². The summed E-state index contributed by atoms with van der Waals surface area (Å²) in [6.45, 7) is 5.27. The predicted molar refractivity (Wildman–Crippen MR) is 153 cm³/mol. The molecule has 2 aromatic heterocycles. The molecule has 0 bridgehead atoms. The summed E-state index contributed by atoms with van der Waals surface area (Å²) in [4.78, 5) is 25.7. The van der Waals surface area contributed by atoms with E-state index in [1.54, 1.807) is 16.7 Å². The van der Waals surface area contributed by atoms with Crippen molar-refractivity contribution in [1.82, 2.24) is 24.2 Å². The van der Waals surface area contributed by atoms with Crippen molar-refractivity contribution in [2.45, 2.75) is 63.7 Å². The van der Waals surface area contributed by atoms with E-state index < -0.39 is 15.4 Å². The molecule has 0 atom stereocenters. The monoisotopic (exact) mass is 588 g/mol. The second-order valence-corrected chi connectivity index (χ2v) is 13.1. The third kappa shape index (κ3) is 5.92. The molecular weight excluding hydrogens is 550 g/mol. The van der Waals surface area contributed by atoms with Gasteiger partial charge in [0.15, 0.2) is 0 Å². The number of nitrogens with one attached hydrogen (secondary N) is 1. The van der Waals surface area contributed by atoms with Crippen LogP contribution in [0.25, 0.3) is 22.4 Å². The highest BCUT2D eigenvalue weighted by atomic mass is 32.2. The zero-order valence-electron chi connectivity index (χ0n) is 23.8. The van der Waals surface area contributed by atoms with Crippen molar-refractivity contribution < 1.29 is 23.2 Å². The second-order valence-electron chi connectivity index (χ2n) is 11.2. The zero-order chi connectivity index (χ0) is 29.4. The molecule has 41 heavy (non-hydrogen) atoms. The lowest BCUT2D eigenvalue weighted by atomic mass is 9.82. The average molecular weight is 589 g/mol. The van der Waals surface area contributed by atoms with Gasteiger partial charge in [0.1, 0.15) is 17.1 Å². The standard InChI is InChI=1S/C28H38N5O7S/c1-4-6-19-17-31(3)25-24(19)29-26(30-27(25)34)22-16-21(7-8-23(22)39-15-5-2)41(37,38)32-13-9-20(10-14-32)28(11-12-28)18-40-33(35)36/h7-8,16-17,20,35H,4-6,9-15,18H2,1-3H3,(H,29,30,34)/q-1. The highest BCUT2D eigenvalue weighted by Crippen LogP contribution is 2.55. The fourth-order valence-electron chi connectivity index (χ4n) is 6.02. The van der Waals surface area contributed by atoms with Gasteiger partial charge in [-0.3, -0.25) is 9.63 Å². The molecule has 1 aliphatic heterocycles. The van der Waals surface area contributed by atoms with Crippen molar-refractivity contribution in [2.75, 3.05) is 26.3 Å². The fraction of sp³-hybridized carbons (Fsp3) is 0.571. The first-order valence-corrected chi connectivity index (χ1v) is 15.7. The predicted octanol–water partition coefficient (Wildman–Crippen LogP) is 3.97. The van der Waals surface area contributed by atoms with Gasteiger partial charge in [-0.05, 0) is 73.6 Å². The smallest absolute Gasteiger partial charge is 0.275 e. The molecule has 1 saturated heterocycles. The Bertz CT molecular complexity index is 1550. The van der Waals surface area contributed by atoms with Gasteiger partial charge < -0.3 is 24.7 Å². The summed E-state index contributed by atoms with van der Waals surface area (Å²) in [5, 5.41) is 19.1. The number of H-pyrrole nitrogens is 1. The molecule has 2 N–H and O–H groups in total. The summed E-state index contributed by atoms with van der Waals surface area (Å²) in [5.74, 6) is 0.922. The van der Waals surface area contributed by atoms with E-state index >= 15 is 0 Å². The minimum atomic E-state index is -3.84. The van der Waals surface area contributed by atoms with Crippen LogP contribution in [0.2, 0.25) is 0 Å². The van der Waals surface area contributed by atoms with Gasteiger partial charge >= 0.3 is 0 Å². The topological polar surface area (TPSA) is 153 Å². The van der Waals surface area contributed by atoms with Crippen molar-refractivity contribution in [3.63, 3.8) is 0 Å². The minimum absolute atomic E-state index is 0.103. The highest BCUT2D eigenvalue weighted by molar-refractivity contribution is 7.89. The first kappa shape index (κ1) is 29.7. The molecule has 1 aromatic carbocycles. The number of hydrogen-bond acceptors (Lipinski definition) is 9. The molecular formula is C28H38N5O7S-. The maximum atomic E-state index is 13.8. The van der Waals surface area contributed by atoms with Gasteiger partial charge in [0, 0.05) is 26.3 Å². The Balaban J connectivity index is 1.45. The number of aryl methyl sites for hydroxylation is 2. The normalized spacial score (nSPS) is 17.9. The summed E-state index contributed by atoms with van der Waals surface area (Å²) in [6, 6.07) is 4.71. The number of piperidine rings is 1. The second kappa shape index (κ2) is 11.8. The van der Waals surface area contributed by atoms with Crippen LogP contribution in [-0.2, 0) is 28.3 Å². The van der Waals surface area contributed by atoms with E-state index in [-0.39, 0.29) is 34.2 Å². The molecule has 2 aliphatic rings. The van der Waals surface area contributed by atoms with E-state index in [1.165, 1.54) is 10.4 Å². The van der Waals surface area contributed by atoms with Crippen molar-refractivity contribution in [3.8, 4) is 17.1 Å². The van der Waals surface area contributed by atoms with Gasteiger partial charge in [0.25, 0.3) is 5.56 Å². The van der Waals surface area contributed by atoms with Crippen LogP contribution < -0.4 is 10.3 Å². The van der Waals surface area contributed by atoms with Crippen LogP contribution in [0.3, 0.4) is 0 Å². The van der Waals surface area contributed by atoms with Gasteiger partial charge in [0.2, 0.25) is 10.0 Å². The maximum Gasteiger partial charge on any atom is 0.275 e. The van der Waals surface area contributed by atoms with Gasteiger partial charge in [-0.15, -0.1) is 5.39 Å². The van der Waals surface area contributed by atoms with Crippen LogP contribution in [-0.4, -0.2) is 64.2 Å². The van der Waals surface area contributed by atoms with Gasteiger partial charge in [-0.2, -0.15) is 4.31 Å². The zero-order valence-corrected chi connectivity index (χ0v) is 24.6. The number of fused-ring (bicyclic) bond motifs is 1. The number of rotatable bonds is 12. The highest BCUT2D eigenvalue weighted by Gasteiger charge is 2.51. The van der Waals surface area contributed by atoms with Crippen LogP contribution in [0.15, 0.2) is 34.1 Å². The molecule has 12 nitrogen and oxygen atoms in total. The van der Waals surface area contributed by atoms with Crippen molar-refractivity contribution in [2.24, 2.45) is 18.4 Å². The largest absolute Gasteiger partial charge is 0.738 e. The maximum absolute atomic E-state index is 13.8. The minimum Gasteiger partial charge on any atom is -0.738 e. The summed E-state index contributed by atoms with van der Waals surface area (Å²) in [6.07, 6.45) is 7.38. The third-order valence-electron chi connectivity index (χ3n) is 8.40. The van der Waals surface area contributed by atoms with Crippen LogP contribution in [0.5, 0.6) is 5.75 Å². The van der Waals surface area contributed by atoms with E-state index in [9.17, 15) is 18.4 Å². The lowest BCUT2D eigenvalue weighted by Gasteiger charge is -2.36. The Hall–Kier alpha value is -2.81. The molecule has 3 heterocycles. The number of nitrogens with zero attached hydrogens (tertiary/aromatic N) is 4. The van der Waals surface area contributed by atoms with Crippen LogP contribution in [0, 0.1) is 16.5 Å². The molecule has 5 rings (SSSR count). The molecule has 1 aliphatic carbocycles. The molecule has 0 unspecified atom stereocenters. The molecule has 3 aromatic rings. The lowest BCUT2D eigenvalue weighted by molar-refractivity contribution is -0.314. The van der Waals surface area contributed by atoms with Crippen molar-refractivity contribution in [3.05, 3.63) is 45.5 Å². The molecule has 0 spiro atoms. The summed E-state index contributed by atoms with van der Waals surface area (Å²) in [5.41, 5.74) is 1.97. The first-order valence-electron chi connectivity index (χ1n) is 14.2. The first-order chi connectivity index (χ1) is 19.6. The Morgan fingerprint density at radius 3 is 2.59 bits per heavy atom. The van der Waals surface area contributed by atoms with Gasteiger partial charge in [0.05, 0.1) is 29.2 Å².